The second kappa shape index (κ2) is 9.77. The molecule has 0 aliphatic carbocycles. The summed E-state index contributed by atoms with van der Waals surface area (Å²) < 4.78 is 5.44. The van der Waals surface area contributed by atoms with E-state index in [1.54, 1.807) is 18.2 Å². The number of carbonyl (C=O) groups excluding carboxylic acids is 1. The molecule has 1 aliphatic rings. The molecule has 1 saturated heterocycles. The Morgan fingerprint density at radius 1 is 1.18 bits per heavy atom. The fourth-order valence-corrected chi connectivity index (χ4v) is 3.19. The molecule has 2 aromatic rings. The maximum atomic E-state index is 12.3. The fourth-order valence-electron chi connectivity index (χ4n) is 3.19. The van der Waals surface area contributed by atoms with Gasteiger partial charge in [-0.1, -0.05) is 42.5 Å². The van der Waals surface area contributed by atoms with Gasteiger partial charge < -0.3 is 10.1 Å². The molecule has 3 rings (SSSR count). The Morgan fingerprint density at radius 3 is 2.64 bits per heavy atom. The molecule has 1 fully saturated rings. The van der Waals surface area contributed by atoms with Crippen LogP contribution in [0.5, 0.6) is 0 Å². The van der Waals surface area contributed by atoms with Gasteiger partial charge in [0.05, 0.1) is 24.2 Å². The van der Waals surface area contributed by atoms with Crippen molar-refractivity contribution in [3.8, 4) is 0 Å². The molecule has 28 heavy (non-hydrogen) atoms. The zero-order chi connectivity index (χ0) is 19.8. The summed E-state index contributed by atoms with van der Waals surface area (Å²) in [6.45, 7) is 3.48. The summed E-state index contributed by atoms with van der Waals surface area (Å²) in [5, 5.41) is 13.8. The summed E-state index contributed by atoms with van der Waals surface area (Å²) in [6, 6.07) is 16.3. The third-order valence-corrected chi connectivity index (χ3v) is 4.65. The van der Waals surface area contributed by atoms with Crippen LogP contribution in [0.25, 0.3) is 6.08 Å². The summed E-state index contributed by atoms with van der Waals surface area (Å²) in [4.78, 5) is 25.0. The molecule has 1 aliphatic heterocycles. The van der Waals surface area contributed by atoms with Gasteiger partial charge in [-0.05, 0) is 17.2 Å². The molecule has 0 unspecified atom stereocenters. The smallest absolute Gasteiger partial charge is 0.270 e. The molecule has 2 aromatic carbocycles. The number of morpholine rings is 1. The maximum Gasteiger partial charge on any atom is 0.270 e. The van der Waals surface area contributed by atoms with Gasteiger partial charge >= 0.3 is 0 Å². The number of rotatable bonds is 7. The number of carbonyl (C=O) groups is 1. The topological polar surface area (TPSA) is 84.7 Å². The quantitative estimate of drug-likeness (QED) is 0.453. The highest BCUT2D eigenvalue weighted by Gasteiger charge is 2.22. The van der Waals surface area contributed by atoms with Crippen molar-refractivity contribution in [3.05, 3.63) is 81.9 Å². The van der Waals surface area contributed by atoms with Crippen LogP contribution in [0.15, 0.2) is 60.7 Å². The zero-order valence-electron chi connectivity index (χ0n) is 15.5. The molecule has 0 aromatic heterocycles. The average molecular weight is 381 g/mol. The zero-order valence-corrected chi connectivity index (χ0v) is 15.5. The van der Waals surface area contributed by atoms with Crippen LogP contribution in [-0.2, 0) is 9.53 Å². The number of hydrogen-bond donors (Lipinski definition) is 1. The summed E-state index contributed by atoms with van der Waals surface area (Å²) in [6.07, 6.45) is 2.98. The van der Waals surface area contributed by atoms with Crippen LogP contribution in [0.4, 0.5) is 5.69 Å². The molecule has 1 atom stereocenters. The molecule has 0 saturated carbocycles. The van der Waals surface area contributed by atoms with E-state index in [0.717, 1.165) is 18.7 Å². The summed E-state index contributed by atoms with van der Waals surface area (Å²) >= 11 is 0. The van der Waals surface area contributed by atoms with Crippen molar-refractivity contribution in [3.63, 3.8) is 0 Å². The normalized spacial score (nSPS) is 16.0. The third kappa shape index (κ3) is 5.48. The molecular weight excluding hydrogens is 358 g/mol. The number of hydrogen-bond acceptors (Lipinski definition) is 5. The summed E-state index contributed by atoms with van der Waals surface area (Å²) in [5.41, 5.74) is 1.75. The molecule has 1 heterocycles. The lowest BCUT2D eigenvalue weighted by molar-refractivity contribution is -0.384. The molecule has 7 nitrogen and oxygen atoms in total. The number of benzene rings is 2. The molecule has 0 bridgehead atoms. The lowest BCUT2D eigenvalue weighted by Gasteiger charge is -2.34. The van der Waals surface area contributed by atoms with Gasteiger partial charge in [0, 0.05) is 37.8 Å². The first-order valence-corrected chi connectivity index (χ1v) is 9.20. The number of nitro groups is 1. The van der Waals surface area contributed by atoms with E-state index in [1.807, 2.05) is 18.2 Å². The van der Waals surface area contributed by atoms with Crippen LogP contribution in [-0.4, -0.2) is 48.6 Å². The van der Waals surface area contributed by atoms with E-state index >= 15 is 0 Å². The molecule has 146 valence electrons. The molecular formula is C21H23N3O4. The van der Waals surface area contributed by atoms with Gasteiger partial charge in [-0.3, -0.25) is 19.8 Å². The highest BCUT2D eigenvalue weighted by molar-refractivity contribution is 5.91. The lowest BCUT2D eigenvalue weighted by atomic mass is 10.0. The second-order valence-corrected chi connectivity index (χ2v) is 6.51. The first-order chi connectivity index (χ1) is 13.6. The Balaban J connectivity index is 1.63. The minimum Gasteiger partial charge on any atom is -0.379 e. The van der Waals surface area contributed by atoms with Crippen molar-refractivity contribution in [2.45, 2.75) is 6.04 Å². The first kappa shape index (κ1) is 19.7. The second-order valence-electron chi connectivity index (χ2n) is 6.51. The minimum absolute atomic E-state index is 0.000910. The van der Waals surface area contributed by atoms with Crippen molar-refractivity contribution in [1.29, 1.82) is 0 Å². The van der Waals surface area contributed by atoms with Crippen LogP contribution in [0.3, 0.4) is 0 Å². The van der Waals surface area contributed by atoms with Gasteiger partial charge in [0.1, 0.15) is 0 Å². The molecule has 0 spiro atoms. The predicted octanol–water partition coefficient (Wildman–Crippen LogP) is 2.80. The summed E-state index contributed by atoms with van der Waals surface area (Å²) in [5.74, 6) is -0.235. The van der Waals surface area contributed by atoms with Crippen molar-refractivity contribution < 1.29 is 14.5 Å². The van der Waals surface area contributed by atoms with Crippen LogP contribution >= 0.6 is 0 Å². The van der Waals surface area contributed by atoms with Gasteiger partial charge in [0.2, 0.25) is 5.91 Å². The van der Waals surface area contributed by atoms with Crippen LogP contribution in [0.1, 0.15) is 17.2 Å². The van der Waals surface area contributed by atoms with E-state index in [9.17, 15) is 14.9 Å². The third-order valence-electron chi connectivity index (χ3n) is 4.65. The number of nitro benzene ring substituents is 1. The summed E-state index contributed by atoms with van der Waals surface area (Å²) in [7, 11) is 0. The molecule has 1 amide bonds. The SMILES string of the molecule is O=C(/C=C/c1cccc([N+](=O)[O-])c1)NC[C@@H](c1ccccc1)N1CCOCC1. The van der Waals surface area contributed by atoms with Crippen LogP contribution in [0, 0.1) is 10.1 Å². The Hall–Kier alpha value is -3.03. The molecule has 0 radical (unpaired) electrons. The largest absolute Gasteiger partial charge is 0.379 e. The van der Waals surface area contributed by atoms with Crippen molar-refractivity contribution >= 4 is 17.7 Å². The van der Waals surface area contributed by atoms with Crippen molar-refractivity contribution in [2.24, 2.45) is 0 Å². The number of nitrogens with one attached hydrogen (secondary N) is 1. The monoisotopic (exact) mass is 381 g/mol. The molecule has 1 N–H and O–H groups in total. The van der Waals surface area contributed by atoms with Crippen molar-refractivity contribution in [1.82, 2.24) is 10.2 Å². The Morgan fingerprint density at radius 2 is 1.93 bits per heavy atom. The van der Waals surface area contributed by atoms with Gasteiger partial charge in [0.25, 0.3) is 5.69 Å². The Kier molecular flexibility index (Phi) is 6.89. The van der Waals surface area contributed by atoms with E-state index in [-0.39, 0.29) is 17.6 Å². The van der Waals surface area contributed by atoms with Gasteiger partial charge in [-0.2, -0.15) is 0 Å². The van der Waals surface area contributed by atoms with E-state index in [1.165, 1.54) is 18.2 Å². The maximum absolute atomic E-state index is 12.3. The minimum atomic E-state index is -0.454. The number of ether oxygens (including phenoxy) is 1. The van der Waals surface area contributed by atoms with E-state index in [2.05, 4.69) is 22.3 Å². The van der Waals surface area contributed by atoms with E-state index < -0.39 is 4.92 Å². The van der Waals surface area contributed by atoms with Gasteiger partial charge in [-0.15, -0.1) is 0 Å². The van der Waals surface area contributed by atoms with E-state index in [0.29, 0.717) is 25.3 Å². The number of amides is 1. The first-order valence-electron chi connectivity index (χ1n) is 9.20. The number of nitrogens with zero attached hydrogens (tertiary/aromatic N) is 2. The van der Waals surface area contributed by atoms with Crippen LogP contribution < -0.4 is 5.32 Å². The Labute approximate surface area is 163 Å². The standard InChI is InChI=1S/C21H23N3O4/c25-21(10-9-17-5-4-8-19(15-17)24(26)27)22-16-20(18-6-2-1-3-7-18)23-11-13-28-14-12-23/h1-10,15,20H,11-14,16H2,(H,22,25)/b10-9+/t20-/m0/s1. The Bertz CT molecular complexity index is 833. The predicted molar refractivity (Wildman–Crippen MR) is 107 cm³/mol. The van der Waals surface area contributed by atoms with E-state index in [4.69, 9.17) is 4.74 Å². The lowest BCUT2D eigenvalue weighted by Crippen LogP contribution is -2.43. The highest BCUT2D eigenvalue weighted by atomic mass is 16.6. The molecule has 7 heteroatoms. The highest BCUT2D eigenvalue weighted by Crippen LogP contribution is 2.21. The van der Waals surface area contributed by atoms with Gasteiger partial charge in [0.15, 0.2) is 0 Å². The van der Waals surface area contributed by atoms with Gasteiger partial charge in [-0.25, -0.2) is 0 Å². The van der Waals surface area contributed by atoms with Crippen molar-refractivity contribution in [2.75, 3.05) is 32.8 Å². The fraction of sp³-hybridized carbons (Fsp3) is 0.286. The average Bonchev–Trinajstić information content (AvgIpc) is 2.74. The van der Waals surface area contributed by atoms with Crippen LogP contribution in [0.2, 0.25) is 0 Å². The number of non-ortho nitro benzene ring substituents is 1.